The Balaban J connectivity index is 2.11. The molecule has 0 aromatic carbocycles. The lowest BCUT2D eigenvalue weighted by Gasteiger charge is -2.18. The Morgan fingerprint density at radius 2 is 1.70 bits per heavy atom. The highest BCUT2D eigenvalue weighted by molar-refractivity contribution is 5.94. The van der Waals surface area contributed by atoms with Gasteiger partial charge in [0.15, 0.2) is 11.6 Å². The molecule has 4 N–H and O–H groups in total. The molecule has 0 aliphatic heterocycles. The Hall–Kier alpha value is -2.42. The van der Waals surface area contributed by atoms with Crippen molar-refractivity contribution in [3.8, 4) is 0 Å². The zero-order valence-corrected chi connectivity index (χ0v) is 13.6. The van der Waals surface area contributed by atoms with Gasteiger partial charge in [-0.2, -0.15) is 9.97 Å². The molecule has 1 saturated carbocycles. The van der Waals surface area contributed by atoms with Crippen LogP contribution in [0.4, 0.5) is 23.5 Å². The monoisotopic (exact) mass is 318 g/mol. The van der Waals surface area contributed by atoms with Gasteiger partial charge >= 0.3 is 0 Å². The van der Waals surface area contributed by atoms with E-state index >= 15 is 0 Å². The van der Waals surface area contributed by atoms with E-state index in [1.807, 2.05) is 14.1 Å². The summed E-state index contributed by atoms with van der Waals surface area (Å²) in [5.41, 5.74) is 1.31. The second-order valence-electron chi connectivity index (χ2n) is 5.46. The van der Waals surface area contributed by atoms with Crippen molar-refractivity contribution in [2.75, 3.05) is 55.1 Å². The molecular weight excluding hydrogens is 296 g/mol. The van der Waals surface area contributed by atoms with Gasteiger partial charge in [0.2, 0.25) is 11.9 Å². The van der Waals surface area contributed by atoms with Gasteiger partial charge in [-0.25, -0.2) is 9.97 Å². The number of rotatable bonds is 7. The summed E-state index contributed by atoms with van der Waals surface area (Å²) in [6.45, 7) is 0.393. The Labute approximate surface area is 134 Å². The molecule has 0 saturated heterocycles. The molecule has 2 heterocycles. The van der Waals surface area contributed by atoms with E-state index in [2.05, 4.69) is 40.8 Å². The summed E-state index contributed by atoms with van der Waals surface area (Å²) in [5.74, 6) is 2.38. The van der Waals surface area contributed by atoms with Gasteiger partial charge in [0.1, 0.15) is 11.0 Å². The Kier molecular flexibility index (Phi) is 4.28. The zero-order chi connectivity index (χ0) is 16.4. The van der Waals surface area contributed by atoms with Crippen molar-refractivity contribution >= 4 is 34.6 Å². The molecule has 124 valence electrons. The molecule has 2 aromatic heterocycles. The van der Waals surface area contributed by atoms with E-state index in [9.17, 15) is 0 Å². The molecule has 9 nitrogen and oxygen atoms in total. The summed E-state index contributed by atoms with van der Waals surface area (Å²) in [5, 5.41) is 18.1. The fourth-order valence-corrected chi connectivity index (χ4v) is 2.38. The number of hydrogen-bond acceptors (Lipinski definition) is 9. The SMILES string of the molecule is CNc1nc(N(C)C2CC2)nc2c(NC)nc(NCCO)nc12. The lowest BCUT2D eigenvalue weighted by Crippen LogP contribution is -2.22. The third kappa shape index (κ3) is 3.04. The first-order valence-corrected chi connectivity index (χ1v) is 7.70. The Bertz CT molecular complexity index is 703. The molecule has 3 rings (SSSR count). The summed E-state index contributed by atoms with van der Waals surface area (Å²) in [6, 6.07) is 0.515. The first kappa shape index (κ1) is 15.5. The van der Waals surface area contributed by atoms with Gasteiger partial charge in [0.05, 0.1) is 6.61 Å². The standard InChI is InChI=1S/C14H22N8O/c1-15-11-10-9(18-13(20-11)17-6-7-23)12(16-2)21-14(19-10)22(3)8-4-5-8/h8,23H,4-7H2,1-3H3,(H,16,19,21)(H2,15,17,18,20). The maximum absolute atomic E-state index is 8.95. The van der Waals surface area contributed by atoms with Crippen molar-refractivity contribution in [3.05, 3.63) is 0 Å². The molecule has 23 heavy (non-hydrogen) atoms. The molecule has 0 bridgehead atoms. The van der Waals surface area contributed by atoms with Crippen molar-refractivity contribution in [1.82, 2.24) is 19.9 Å². The van der Waals surface area contributed by atoms with Gasteiger partial charge in [-0.15, -0.1) is 0 Å². The minimum atomic E-state index is 0.0107. The first-order chi connectivity index (χ1) is 11.2. The van der Waals surface area contributed by atoms with E-state index in [0.717, 1.165) is 0 Å². The van der Waals surface area contributed by atoms with E-state index in [1.165, 1.54) is 12.8 Å². The summed E-state index contributed by atoms with van der Waals surface area (Å²) >= 11 is 0. The maximum Gasteiger partial charge on any atom is 0.228 e. The van der Waals surface area contributed by atoms with E-state index < -0.39 is 0 Å². The van der Waals surface area contributed by atoms with Crippen LogP contribution in [0.3, 0.4) is 0 Å². The zero-order valence-electron chi connectivity index (χ0n) is 13.6. The average molecular weight is 318 g/mol. The van der Waals surface area contributed by atoms with Gasteiger partial charge in [0.25, 0.3) is 0 Å². The van der Waals surface area contributed by atoms with Crippen LogP contribution < -0.4 is 20.9 Å². The lowest BCUT2D eigenvalue weighted by molar-refractivity contribution is 0.311. The lowest BCUT2D eigenvalue weighted by atomic mass is 10.3. The van der Waals surface area contributed by atoms with Crippen LogP contribution in [0.1, 0.15) is 12.8 Å². The van der Waals surface area contributed by atoms with E-state index in [4.69, 9.17) is 5.11 Å². The highest BCUT2D eigenvalue weighted by atomic mass is 16.3. The largest absolute Gasteiger partial charge is 0.395 e. The number of fused-ring (bicyclic) bond motifs is 1. The number of nitrogens with one attached hydrogen (secondary N) is 3. The fourth-order valence-electron chi connectivity index (χ4n) is 2.38. The predicted molar refractivity (Wildman–Crippen MR) is 91.2 cm³/mol. The molecule has 1 fully saturated rings. The van der Waals surface area contributed by atoms with Crippen molar-refractivity contribution in [2.24, 2.45) is 0 Å². The minimum absolute atomic E-state index is 0.0107. The van der Waals surface area contributed by atoms with Crippen molar-refractivity contribution in [2.45, 2.75) is 18.9 Å². The molecular formula is C14H22N8O. The van der Waals surface area contributed by atoms with Crippen LogP contribution in [0.5, 0.6) is 0 Å². The highest BCUT2D eigenvalue weighted by Crippen LogP contribution is 2.32. The molecule has 9 heteroatoms. The number of aliphatic hydroxyl groups excluding tert-OH is 1. The van der Waals surface area contributed by atoms with Gasteiger partial charge in [0, 0.05) is 33.7 Å². The van der Waals surface area contributed by atoms with E-state index in [0.29, 0.717) is 47.2 Å². The van der Waals surface area contributed by atoms with Crippen LogP contribution >= 0.6 is 0 Å². The van der Waals surface area contributed by atoms with Crippen LogP contribution in [-0.2, 0) is 0 Å². The number of aromatic nitrogens is 4. The van der Waals surface area contributed by atoms with Crippen molar-refractivity contribution in [1.29, 1.82) is 0 Å². The number of anilines is 4. The third-order valence-corrected chi connectivity index (χ3v) is 3.81. The molecule has 0 atom stereocenters. The predicted octanol–water partition coefficient (Wildman–Crippen LogP) is 0.506. The third-order valence-electron chi connectivity index (χ3n) is 3.81. The molecule has 0 radical (unpaired) electrons. The van der Waals surface area contributed by atoms with Crippen LogP contribution in [0.25, 0.3) is 11.0 Å². The first-order valence-electron chi connectivity index (χ1n) is 7.70. The van der Waals surface area contributed by atoms with Gasteiger partial charge in [-0.3, -0.25) is 0 Å². The smallest absolute Gasteiger partial charge is 0.228 e. The Morgan fingerprint density at radius 1 is 1.04 bits per heavy atom. The molecule has 0 spiro atoms. The average Bonchev–Trinajstić information content (AvgIpc) is 3.42. The molecule has 1 aliphatic carbocycles. The topological polar surface area (TPSA) is 111 Å². The van der Waals surface area contributed by atoms with Gasteiger partial charge in [-0.05, 0) is 12.8 Å². The van der Waals surface area contributed by atoms with Crippen molar-refractivity contribution in [3.63, 3.8) is 0 Å². The van der Waals surface area contributed by atoms with Crippen molar-refractivity contribution < 1.29 is 5.11 Å². The van der Waals surface area contributed by atoms with Crippen LogP contribution in [0.15, 0.2) is 0 Å². The second kappa shape index (κ2) is 6.37. The molecule has 2 aromatic rings. The van der Waals surface area contributed by atoms with E-state index in [1.54, 1.807) is 7.05 Å². The Morgan fingerprint density at radius 3 is 2.30 bits per heavy atom. The molecule has 1 aliphatic rings. The summed E-state index contributed by atoms with van der Waals surface area (Å²) < 4.78 is 0. The van der Waals surface area contributed by atoms with Gasteiger partial charge in [-0.1, -0.05) is 0 Å². The van der Waals surface area contributed by atoms with Crippen LogP contribution in [-0.4, -0.2) is 65.4 Å². The second-order valence-corrected chi connectivity index (χ2v) is 5.46. The van der Waals surface area contributed by atoms with E-state index in [-0.39, 0.29) is 6.61 Å². The van der Waals surface area contributed by atoms with Crippen LogP contribution in [0, 0.1) is 0 Å². The van der Waals surface area contributed by atoms with Gasteiger partial charge < -0.3 is 26.0 Å². The summed E-state index contributed by atoms with van der Waals surface area (Å²) in [7, 11) is 5.61. The number of nitrogens with zero attached hydrogens (tertiary/aromatic N) is 5. The summed E-state index contributed by atoms with van der Waals surface area (Å²) in [4.78, 5) is 20.2. The quantitative estimate of drug-likeness (QED) is 0.580. The molecule has 0 amide bonds. The summed E-state index contributed by atoms with van der Waals surface area (Å²) in [6.07, 6.45) is 2.35. The minimum Gasteiger partial charge on any atom is -0.395 e. The number of aliphatic hydroxyl groups is 1. The molecule has 0 unspecified atom stereocenters. The number of hydrogen-bond donors (Lipinski definition) is 4. The fraction of sp³-hybridized carbons (Fsp3) is 0.571. The normalized spacial score (nSPS) is 13.9. The maximum atomic E-state index is 8.95. The van der Waals surface area contributed by atoms with Crippen LogP contribution in [0.2, 0.25) is 0 Å². The highest BCUT2D eigenvalue weighted by Gasteiger charge is 2.29.